The Hall–Kier alpha value is -2.42. The number of nitrogens with one attached hydrogen (secondary N) is 2. The van der Waals surface area contributed by atoms with Gasteiger partial charge in [0, 0.05) is 32.8 Å². The van der Waals surface area contributed by atoms with E-state index < -0.39 is 5.54 Å². The number of hydrogen-bond donors (Lipinski definition) is 2. The second-order valence-corrected chi connectivity index (χ2v) is 8.12. The second kappa shape index (κ2) is 8.94. The first kappa shape index (κ1) is 21.3. The van der Waals surface area contributed by atoms with Gasteiger partial charge < -0.3 is 20.3 Å². The van der Waals surface area contributed by atoms with Crippen molar-refractivity contribution in [3.05, 3.63) is 17.5 Å². The van der Waals surface area contributed by atoms with E-state index >= 15 is 0 Å². The lowest BCUT2D eigenvalue weighted by atomic mass is 9.95. The van der Waals surface area contributed by atoms with E-state index in [9.17, 15) is 14.4 Å². The zero-order valence-corrected chi connectivity index (χ0v) is 17.5. The molecule has 1 aromatic heterocycles. The van der Waals surface area contributed by atoms with Gasteiger partial charge >= 0.3 is 0 Å². The van der Waals surface area contributed by atoms with Crippen molar-refractivity contribution in [1.29, 1.82) is 0 Å². The lowest BCUT2D eigenvalue weighted by molar-refractivity contribution is -0.133. The highest BCUT2D eigenvalue weighted by Gasteiger charge is 2.46. The van der Waals surface area contributed by atoms with Crippen molar-refractivity contribution in [2.24, 2.45) is 0 Å². The van der Waals surface area contributed by atoms with Gasteiger partial charge in [0.15, 0.2) is 5.69 Å². The molecule has 2 aliphatic rings. The summed E-state index contributed by atoms with van der Waals surface area (Å²) in [7, 11) is 3.18. The molecule has 2 heterocycles. The molecule has 1 aliphatic carbocycles. The van der Waals surface area contributed by atoms with Crippen molar-refractivity contribution in [3.8, 4) is 0 Å². The van der Waals surface area contributed by atoms with Crippen LogP contribution in [-0.4, -0.2) is 71.3 Å². The van der Waals surface area contributed by atoms with Crippen LogP contribution in [0.15, 0.2) is 6.07 Å². The summed E-state index contributed by atoms with van der Waals surface area (Å²) in [5.41, 5.74) is -0.595. The number of amides is 3. The zero-order valence-electron chi connectivity index (χ0n) is 17.5. The number of fused-ring (bicyclic) bond motifs is 1. The van der Waals surface area contributed by atoms with Crippen LogP contribution in [0.1, 0.15) is 66.4 Å². The highest BCUT2D eigenvalue weighted by molar-refractivity contribution is 6.01. The van der Waals surface area contributed by atoms with Crippen LogP contribution in [0.25, 0.3) is 0 Å². The number of methoxy groups -OCH3 is 1. The zero-order chi connectivity index (χ0) is 21.0. The first-order chi connectivity index (χ1) is 13.9. The van der Waals surface area contributed by atoms with Gasteiger partial charge in [0.05, 0.1) is 13.2 Å². The van der Waals surface area contributed by atoms with E-state index in [2.05, 4.69) is 15.7 Å². The molecule has 9 nitrogen and oxygen atoms in total. The number of rotatable bonds is 6. The third-order valence-corrected chi connectivity index (χ3v) is 6.01. The Morgan fingerprint density at radius 2 is 1.97 bits per heavy atom. The molecule has 1 unspecified atom stereocenters. The van der Waals surface area contributed by atoms with Crippen LogP contribution in [0.2, 0.25) is 0 Å². The average molecular weight is 405 g/mol. The smallest absolute Gasteiger partial charge is 0.272 e. The van der Waals surface area contributed by atoms with Crippen molar-refractivity contribution < 1.29 is 19.1 Å². The van der Waals surface area contributed by atoms with Crippen LogP contribution >= 0.6 is 0 Å². The SMILES string of the molecule is COCCNC(=O)c1cc2n(n1)CC(C)(C(=O)NC1CCCCCC1)N(C)C2=O. The number of aromatic nitrogens is 2. The number of ether oxygens (including phenoxy) is 1. The van der Waals surface area contributed by atoms with Gasteiger partial charge in [-0.25, -0.2) is 0 Å². The molecule has 0 radical (unpaired) electrons. The Bertz CT molecular complexity index is 769. The van der Waals surface area contributed by atoms with Crippen molar-refractivity contribution in [1.82, 2.24) is 25.3 Å². The molecule has 1 fully saturated rings. The van der Waals surface area contributed by atoms with E-state index in [1.165, 1.54) is 28.5 Å². The largest absolute Gasteiger partial charge is 0.383 e. The van der Waals surface area contributed by atoms with E-state index in [1.54, 1.807) is 21.1 Å². The van der Waals surface area contributed by atoms with Crippen molar-refractivity contribution in [2.75, 3.05) is 27.3 Å². The third-order valence-electron chi connectivity index (χ3n) is 6.01. The van der Waals surface area contributed by atoms with Crippen LogP contribution in [0.3, 0.4) is 0 Å². The van der Waals surface area contributed by atoms with E-state index in [0.717, 1.165) is 25.7 Å². The Labute approximate surface area is 171 Å². The van der Waals surface area contributed by atoms with Gasteiger partial charge in [-0.2, -0.15) is 5.10 Å². The molecule has 1 aliphatic heterocycles. The molecule has 3 rings (SSSR count). The summed E-state index contributed by atoms with van der Waals surface area (Å²) in [6.07, 6.45) is 6.57. The highest BCUT2D eigenvalue weighted by Crippen LogP contribution is 2.27. The minimum absolute atomic E-state index is 0.145. The van der Waals surface area contributed by atoms with Crippen LogP contribution in [0.4, 0.5) is 0 Å². The number of hydrogen-bond acceptors (Lipinski definition) is 5. The predicted molar refractivity (Wildman–Crippen MR) is 107 cm³/mol. The first-order valence-electron chi connectivity index (χ1n) is 10.3. The quantitative estimate of drug-likeness (QED) is 0.541. The fraction of sp³-hybridized carbons (Fsp3) is 0.700. The molecule has 29 heavy (non-hydrogen) atoms. The Kier molecular flexibility index (Phi) is 6.56. The molecule has 0 saturated heterocycles. The topological polar surface area (TPSA) is 106 Å². The third kappa shape index (κ3) is 4.44. The van der Waals surface area contributed by atoms with Gasteiger partial charge in [-0.05, 0) is 19.8 Å². The lowest BCUT2D eigenvalue weighted by Gasteiger charge is -2.41. The fourth-order valence-electron chi connectivity index (χ4n) is 3.96. The number of carbonyl (C=O) groups is 3. The Balaban J connectivity index is 1.75. The summed E-state index contributed by atoms with van der Waals surface area (Å²) in [5.74, 6) is -0.866. The van der Waals surface area contributed by atoms with E-state index in [4.69, 9.17) is 4.74 Å². The van der Waals surface area contributed by atoms with Crippen LogP contribution in [-0.2, 0) is 16.1 Å². The second-order valence-electron chi connectivity index (χ2n) is 8.12. The molecular weight excluding hydrogens is 374 g/mol. The molecule has 0 bridgehead atoms. The minimum atomic E-state index is -1.06. The van der Waals surface area contributed by atoms with Crippen molar-refractivity contribution in [2.45, 2.75) is 63.6 Å². The monoisotopic (exact) mass is 405 g/mol. The van der Waals surface area contributed by atoms with Gasteiger partial charge in [0.25, 0.3) is 11.8 Å². The molecular formula is C20H31N5O4. The van der Waals surface area contributed by atoms with Gasteiger partial charge in [0.2, 0.25) is 5.91 Å². The summed E-state index contributed by atoms with van der Waals surface area (Å²) in [6.45, 7) is 2.70. The van der Waals surface area contributed by atoms with Crippen LogP contribution in [0, 0.1) is 0 Å². The average Bonchev–Trinajstić information content (AvgIpc) is 2.95. The maximum atomic E-state index is 13.1. The van der Waals surface area contributed by atoms with Crippen molar-refractivity contribution in [3.63, 3.8) is 0 Å². The minimum Gasteiger partial charge on any atom is -0.383 e. The molecule has 160 valence electrons. The lowest BCUT2D eigenvalue weighted by Crippen LogP contribution is -2.63. The molecule has 1 aromatic rings. The predicted octanol–water partition coefficient (Wildman–Crippen LogP) is 0.943. The molecule has 2 N–H and O–H groups in total. The summed E-state index contributed by atoms with van der Waals surface area (Å²) < 4.78 is 6.39. The van der Waals surface area contributed by atoms with E-state index in [-0.39, 0.29) is 36.0 Å². The number of carbonyl (C=O) groups excluding carboxylic acids is 3. The van der Waals surface area contributed by atoms with Crippen LogP contribution < -0.4 is 10.6 Å². The van der Waals surface area contributed by atoms with Gasteiger partial charge in [-0.3, -0.25) is 19.1 Å². The Morgan fingerprint density at radius 1 is 1.28 bits per heavy atom. The summed E-state index contributed by atoms with van der Waals surface area (Å²) >= 11 is 0. The molecule has 0 spiro atoms. The Morgan fingerprint density at radius 3 is 2.62 bits per heavy atom. The molecule has 0 aromatic carbocycles. The summed E-state index contributed by atoms with van der Waals surface area (Å²) in [6, 6.07) is 1.62. The van der Waals surface area contributed by atoms with Gasteiger partial charge in [-0.15, -0.1) is 0 Å². The van der Waals surface area contributed by atoms with Gasteiger partial charge in [0.1, 0.15) is 11.2 Å². The highest BCUT2D eigenvalue weighted by atomic mass is 16.5. The fourth-order valence-corrected chi connectivity index (χ4v) is 3.96. The first-order valence-corrected chi connectivity index (χ1v) is 10.3. The molecule has 9 heteroatoms. The van der Waals surface area contributed by atoms with Gasteiger partial charge in [-0.1, -0.05) is 25.7 Å². The number of likely N-dealkylation sites (N-methyl/N-ethyl adjacent to an activating group) is 1. The van der Waals surface area contributed by atoms with Crippen molar-refractivity contribution >= 4 is 17.7 Å². The van der Waals surface area contributed by atoms with E-state index in [0.29, 0.717) is 18.8 Å². The molecule has 3 amide bonds. The van der Waals surface area contributed by atoms with Crippen LogP contribution in [0.5, 0.6) is 0 Å². The maximum Gasteiger partial charge on any atom is 0.272 e. The molecule has 1 atom stereocenters. The summed E-state index contributed by atoms with van der Waals surface area (Å²) in [5, 5.41) is 10.1. The van der Waals surface area contributed by atoms with E-state index in [1.807, 2.05) is 0 Å². The maximum absolute atomic E-state index is 13.1. The molecule has 1 saturated carbocycles. The normalized spacial score (nSPS) is 22.7. The number of nitrogens with zero attached hydrogens (tertiary/aromatic N) is 3. The summed E-state index contributed by atoms with van der Waals surface area (Å²) in [4.78, 5) is 39.8. The standard InChI is InChI=1S/C20H31N5O4/c1-20(19(28)22-14-8-6-4-5-7-9-14)13-25-16(18(27)24(20)2)12-15(23-25)17(26)21-10-11-29-3/h12,14H,4-11,13H2,1-3H3,(H,21,26)(H,22,28).